The van der Waals surface area contributed by atoms with Gasteiger partial charge in [-0.3, -0.25) is 0 Å². The Balaban J connectivity index is 2.48. The van der Waals surface area contributed by atoms with Crippen LogP contribution in [-0.2, 0) is 0 Å². The number of ether oxygens (including phenoxy) is 2. The van der Waals surface area contributed by atoms with Gasteiger partial charge in [0.25, 0.3) is 0 Å². The number of benzene rings is 1. The summed E-state index contributed by atoms with van der Waals surface area (Å²) >= 11 is 0. The Kier molecular flexibility index (Phi) is 2.26. The molecule has 1 aromatic carbocycles. The molecule has 1 aliphatic heterocycles. The fourth-order valence-corrected chi connectivity index (χ4v) is 1.37. The molecule has 0 aliphatic carbocycles. The van der Waals surface area contributed by atoms with Crippen LogP contribution in [0.15, 0.2) is 12.1 Å². The molecule has 0 saturated heterocycles. The number of rotatable bonds is 2. The van der Waals surface area contributed by atoms with Crippen LogP contribution in [0.2, 0.25) is 0 Å². The molecule has 2 rings (SSSR count). The van der Waals surface area contributed by atoms with Gasteiger partial charge in [0.15, 0.2) is 11.6 Å². The second kappa shape index (κ2) is 3.43. The van der Waals surface area contributed by atoms with Crippen molar-refractivity contribution in [2.24, 2.45) is 5.73 Å². The zero-order valence-electron chi connectivity index (χ0n) is 7.37. The molecule has 0 amide bonds. The molecule has 1 unspecified atom stereocenters. The highest BCUT2D eigenvalue weighted by molar-refractivity contribution is 5.50. The number of aliphatic hydroxyl groups is 1. The van der Waals surface area contributed by atoms with E-state index in [0.717, 1.165) is 0 Å². The molecule has 1 aliphatic rings. The minimum atomic E-state index is -0.578. The molecule has 0 saturated carbocycles. The van der Waals surface area contributed by atoms with E-state index in [2.05, 4.69) is 0 Å². The van der Waals surface area contributed by atoms with Crippen LogP contribution in [-0.4, -0.2) is 18.5 Å². The maximum Gasteiger partial charge on any atom is 0.231 e. The van der Waals surface area contributed by atoms with Gasteiger partial charge in [0.05, 0.1) is 12.6 Å². The average molecular weight is 199 g/mol. The quantitative estimate of drug-likeness (QED) is 0.729. The maximum absolute atomic E-state index is 13.1. The van der Waals surface area contributed by atoms with Crippen molar-refractivity contribution in [2.75, 3.05) is 13.4 Å². The fourth-order valence-electron chi connectivity index (χ4n) is 1.37. The predicted octanol–water partition coefficient (Wildman–Crippen LogP) is 0.546. The first-order valence-corrected chi connectivity index (χ1v) is 4.18. The highest BCUT2D eigenvalue weighted by Gasteiger charge is 2.24. The Bertz CT molecular complexity index is 356. The molecule has 3 N–H and O–H groups in total. The van der Waals surface area contributed by atoms with Crippen molar-refractivity contribution in [1.82, 2.24) is 0 Å². The van der Waals surface area contributed by atoms with Gasteiger partial charge in [-0.05, 0) is 6.07 Å². The Hall–Kier alpha value is -1.33. The first-order chi connectivity index (χ1) is 6.74. The van der Waals surface area contributed by atoms with Gasteiger partial charge in [-0.25, -0.2) is 4.39 Å². The molecule has 0 aromatic heterocycles. The molecular formula is C9H10FNO3. The van der Waals surface area contributed by atoms with Gasteiger partial charge in [0.2, 0.25) is 12.5 Å². The molecule has 0 radical (unpaired) electrons. The van der Waals surface area contributed by atoms with E-state index >= 15 is 0 Å². The second-order valence-corrected chi connectivity index (χ2v) is 2.99. The predicted molar refractivity (Wildman–Crippen MR) is 46.5 cm³/mol. The molecule has 1 aromatic rings. The third-order valence-electron chi connectivity index (χ3n) is 2.10. The Labute approximate surface area is 80.0 Å². The van der Waals surface area contributed by atoms with Gasteiger partial charge >= 0.3 is 0 Å². The lowest BCUT2D eigenvalue weighted by molar-refractivity contribution is 0.169. The van der Waals surface area contributed by atoms with Crippen LogP contribution >= 0.6 is 0 Å². The van der Waals surface area contributed by atoms with E-state index in [4.69, 9.17) is 20.3 Å². The summed E-state index contributed by atoms with van der Waals surface area (Å²) in [6.07, 6.45) is 0. The number of fused-ring (bicyclic) bond motifs is 1. The molecule has 0 bridgehead atoms. The lowest BCUT2D eigenvalue weighted by Crippen LogP contribution is -2.15. The van der Waals surface area contributed by atoms with Crippen LogP contribution in [0.4, 0.5) is 4.39 Å². The molecular weight excluding hydrogens is 189 g/mol. The second-order valence-electron chi connectivity index (χ2n) is 2.99. The Morgan fingerprint density at radius 2 is 2.14 bits per heavy atom. The lowest BCUT2D eigenvalue weighted by Gasteiger charge is -2.11. The van der Waals surface area contributed by atoms with E-state index in [1.807, 2.05) is 0 Å². The maximum atomic E-state index is 13.1. The molecule has 4 nitrogen and oxygen atoms in total. The SMILES string of the molecule is NC(CO)c1ccc(F)c2c1OCO2. The highest BCUT2D eigenvalue weighted by atomic mass is 19.1. The number of halogens is 1. The molecule has 14 heavy (non-hydrogen) atoms. The van der Waals surface area contributed by atoms with Crippen LogP contribution in [0.25, 0.3) is 0 Å². The monoisotopic (exact) mass is 199 g/mol. The minimum Gasteiger partial charge on any atom is -0.453 e. The van der Waals surface area contributed by atoms with Gasteiger partial charge in [0, 0.05) is 5.56 Å². The normalized spacial score (nSPS) is 15.6. The van der Waals surface area contributed by atoms with Crippen molar-refractivity contribution < 1.29 is 19.0 Å². The van der Waals surface area contributed by atoms with Crippen molar-refractivity contribution in [3.05, 3.63) is 23.5 Å². The van der Waals surface area contributed by atoms with Crippen molar-refractivity contribution in [1.29, 1.82) is 0 Å². The summed E-state index contributed by atoms with van der Waals surface area (Å²) in [6.45, 7) is -0.233. The van der Waals surface area contributed by atoms with E-state index in [-0.39, 0.29) is 19.1 Å². The number of nitrogens with two attached hydrogens (primary N) is 1. The Morgan fingerprint density at radius 1 is 1.43 bits per heavy atom. The summed E-state index contributed by atoms with van der Waals surface area (Å²) in [5.41, 5.74) is 6.17. The standard InChI is InChI=1S/C9H10FNO3/c10-6-2-1-5(7(11)3-12)8-9(6)14-4-13-8/h1-2,7,12H,3-4,11H2. The van der Waals surface area contributed by atoms with E-state index in [9.17, 15) is 4.39 Å². The van der Waals surface area contributed by atoms with Crippen LogP contribution in [0.5, 0.6) is 11.5 Å². The van der Waals surface area contributed by atoms with Gasteiger partial charge in [0.1, 0.15) is 0 Å². The van der Waals surface area contributed by atoms with Crippen molar-refractivity contribution >= 4 is 0 Å². The van der Waals surface area contributed by atoms with Crippen LogP contribution in [0.1, 0.15) is 11.6 Å². The smallest absolute Gasteiger partial charge is 0.231 e. The summed E-state index contributed by atoms with van der Waals surface area (Å²) in [6, 6.07) is 2.16. The first-order valence-electron chi connectivity index (χ1n) is 4.18. The zero-order chi connectivity index (χ0) is 10.1. The number of hydrogen-bond acceptors (Lipinski definition) is 4. The topological polar surface area (TPSA) is 64.7 Å². The average Bonchev–Trinajstić information content (AvgIpc) is 2.67. The highest BCUT2D eigenvalue weighted by Crippen LogP contribution is 2.39. The van der Waals surface area contributed by atoms with Gasteiger partial charge < -0.3 is 20.3 Å². The summed E-state index contributed by atoms with van der Waals surface area (Å²) < 4.78 is 23.1. The summed E-state index contributed by atoms with van der Waals surface area (Å²) in [4.78, 5) is 0. The summed E-state index contributed by atoms with van der Waals surface area (Å²) in [5, 5.41) is 8.87. The first kappa shape index (κ1) is 9.23. The molecule has 0 fully saturated rings. The van der Waals surface area contributed by atoms with Crippen LogP contribution < -0.4 is 15.2 Å². The number of hydrogen-bond donors (Lipinski definition) is 2. The molecule has 76 valence electrons. The molecule has 5 heteroatoms. The molecule has 0 spiro atoms. The zero-order valence-corrected chi connectivity index (χ0v) is 7.37. The third-order valence-corrected chi connectivity index (χ3v) is 2.10. The van der Waals surface area contributed by atoms with Crippen molar-refractivity contribution in [3.8, 4) is 11.5 Å². The van der Waals surface area contributed by atoms with Crippen LogP contribution in [0.3, 0.4) is 0 Å². The summed E-state index contributed by atoms with van der Waals surface area (Å²) in [7, 11) is 0. The van der Waals surface area contributed by atoms with Crippen LogP contribution in [0, 0.1) is 5.82 Å². The number of aliphatic hydroxyl groups excluding tert-OH is 1. The van der Waals surface area contributed by atoms with E-state index < -0.39 is 11.9 Å². The van der Waals surface area contributed by atoms with Gasteiger partial charge in [-0.2, -0.15) is 0 Å². The largest absolute Gasteiger partial charge is 0.453 e. The third kappa shape index (κ3) is 1.30. The van der Waals surface area contributed by atoms with E-state index in [1.165, 1.54) is 12.1 Å². The van der Waals surface area contributed by atoms with Gasteiger partial charge in [-0.15, -0.1) is 0 Å². The molecule has 1 heterocycles. The Morgan fingerprint density at radius 3 is 2.86 bits per heavy atom. The van der Waals surface area contributed by atoms with Crippen molar-refractivity contribution in [3.63, 3.8) is 0 Å². The lowest BCUT2D eigenvalue weighted by atomic mass is 10.1. The van der Waals surface area contributed by atoms with E-state index in [0.29, 0.717) is 11.3 Å². The van der Waals surface area contributed by atoms with Gasteiger partial charge in [-0.1, -0.05) is 6.07 Å². The van der Waals surface area contributed by atoms with Crippen molar-refractivity contribution in [2.45, 2.75) is 6.04 Å². The van der Waals surface area contributed by atoms with E-state index in [1.54, 1.807) is 0 Å². The molecule has 1 atom stereocenters. The minimum absolute atomic E-state index is 0.0125. The summed E-state index contributed by atoms with van der Waals surface area (Å²) in [5.74, 6) is -0.107. The fraction of sp³-hybridized carbons (Fsp3) is 0.333.